The lowest BCUT2D eigenvalue weighted by Gasteiger charge is -2.07. The first kappa shape index (κ1) is 13.3. The first-order chi connectivity index (χ1) is 9.11. The van der Waals surface area contributed by atoms with Crippen LogP contribution in [0.15, 0.2) is 51.5 Å². The van der Waals surface area contributed by atoms with Crippen molar-refractivity contribution in [2.75, 3.05) is 5.32 Å². The van der Waals surface area contributed by atoms with E-state index in [0.29, 0.717) is 10.6 Å². The van der Waals surface area contributed by atoms with Gasteiger partial charge in [0.05, 0.1) is 17.6 Å². The van der Waals surface area contributed by atoms with Gasteiger partial charge >= 0.3 is 0 Å². The number of anilines is 1. The number of aromatic nitrogens is 1. The molecule has 19 heavy (non-hydrogen) atoms. The number of halogens is 1. The van der Waals surface area contributed by atoms with Gasteiger partial charge in [0, 0.05) is 22.2 Å². The summed E-state index contributed by atoms with van der Waals surface area (Å²) in [5.74, 6) is 2.60. The topological polar surface area (TPSA) is 38.1 Å². The second-order valence-electron chi connectivity index (χ2n) is 4.06. The molecule has 0 saturated carbocycles. The summed E-state index contributed by atoms with van der Waals surface area (Å²) in [6.45, 7) is 3.65. The Kier molecular flexibility index (Phi) is 3.94. The molecule has 0 spiro atoms. The number of furan rings is 1. The Morgan fingerprint density at radius 1 is 1.53 bits per heavy atom. The molecule has 0 unspecified atom stereocenters. The van der Waals surface area contributed by atoms with Crippen LogP contribution in [0.2, 0.25) is 0 Å². The Morgan fingerprint density at radius 2 is 2.32 bits per heavy atom. The molecule has 96 valence electrons. The summed E-state index contributed by atoms with van der Waals surface area (Å²) in [5, 5.41) is 4.83. The summed E-state index contributed by atoms with van der Waals surface area (Å²) in [5.41, 5.74) is 3.09. The maximum atomic E-state index is 5.92. The maximum absolute atomic E-state index is 5.92. The molecule has 2 aromatic heterocycles. The third-order valence-electron chi connectivity index (χ3n) is 2.61. The van der Waals surface area contributed by atoms with E-state index >= 15 is 0 Å². The molecule has 1 N–H and O–H groups in total. The van der Waals surface area contributed by atoms with Gasteiger partial charge in [0.15, 0.2) is 5.58 Å². The minimum atomic E-state index is 0.645. The molecule has 2 heterocycles. The number of hydrogen-bond acceptors (Lipinski definition) is 3. The summed E-state index contributed by atoms with van der Waals surface area (Å²) in [6.07, 6.45) is 12.2. The number of fused-ring (bicyclic) bond motifs is 1. The van der Waals surface area contributed by atoms with Crippen LogP contribution in [0.3, 0.4) is 0 Å². The first-order valence-electron chi connectivity index (χ1n) is 5.71. The van der Waals surface area contributed by atoms with Crippen LogP contribution in [0.5, 0.6) is 0 Å². The molecule has 4 heteroatoms. The summed E-state index contributed by atoms with van der Waals surface area (Å²) in [6, 6.07) is 1.88. The largest absolute Gasteiger partial charge is 0.460 e. The fraction of sp³-hybridized carbons (Fsp3) is 0.133. The van der Waals surface area contributed by atoms with Crippen molar-refractivity contribution in [3.8, 4) is 12.3 Å². The van der Waals surface area contributed by atoms with Gasteiger partial charge in [-0.15, -0.1) is 6.42 Å². The van der Waals surface area contributed by atoms with Crippen LogP contribution in [0.25, 0.3) is 11.0 Å². The van der Waals surface area contributed by atoms with Gasteiger partial charge in [-0.05, 0) is 26.0 Å². The van der Waals surface area contributed by atoms with Crippen LogP contribution >= 0.6 is 11.6 Å². The van der Waals surface area contributed by atoms with Crippen molar-refractivity contribution in [3.05, 3.63) is 47.1 Å². The molecule has 0 aromatic carbocycles. The van der Waals surface area contributed by atoms with Crippen LogP contribution in [0, 0.1) is 12.3 Å². The molecule has 2 rings (SSSR count). The third-order valence-corrected chi connectivity index (χ3v) is 2.72. The van der Waals surface area contributed by atoms with E-state index in [9.17, 15) is 0 Å². The molecule has 0 aliphatic rings. The van der Waals surface area contributed by atoms with E-state index in [1.54, 1.807) is 31.7 Å². The van der Waals surface area contributed by atoms with Gasteiger partial charge in [0.25, 0.3) is 0 Å². The highest BCUT2D eigenvalue weighted by Gasteiger charge is 2.07. The zero-order valence-corrected chi connectivity index (χ0v) is 11.5. The Bertz CT molecular complexity index is 700. The number of nitrogens with one attached hydrogen (secondary N) is 1. The van der Waals surface area contributed by atoms with E-state index < -0.39 is 0 Å². The number of pyridine rings is 1. The summed E-state index contributed by atoms with van der Waals surface area (Å²) >= 11 is 5.92. The minimum absolute atomic E-state index is 0.645. The smallest absolute Gasteiger partial charge is 0.154 e. The van der Waals surface area contributed by atoms with Gasteiger partial charge in [-0.1, -0.05) is 17.5 Å². The molecule has 3 nitrogen and oxygen atoms in total. The Morgan fingerprint density at radius 3 is 3.00 bits per heavy atom. The van der Waals surface area contributed by atoms with Crippen LogP contribution in [-0.4, -0.2) is 4.98 Å². The summed E-state index contributed by atoms with van der Waals surface area (Å²) in [4.78, 5) is 4.01. The molecule has 0 amide bonds. The van der Waals surface area contributed by atoms with Crippen molar-refractivity contribution in [2.45, 2.75) is 13.8 Å². The number of hydrogen-bond donors (Lipinski definition) is 1. The standard InChI is InChI=1S/C15H13ClN2O/c1-4-10(2)13(7-11(3)16)18-14-9-19-15-8-17-6-5-12(14)15/h1,5-9,18H,2-3H3/b11-7+,13-10+. The number of terminal acetylenes is 1. The second kappa shape index (κ2) is 5.64. The summed E-state index contributed by atoms with van der Waals surface area (Å²) < 4.78 is 5.42. The van der Waals surface area contributed by atoms with Crippen molar-refractivity contribution in [1.82, 2.24) is 4.98 Å². The fourth-order valence-corrected chi connectivity index (χ4v) is 1.75. The molecular weight excluding hydrogens is 260 g/mol. The predicted octanol–water partition coefficient (Wildman–Crippen LogP) is 4.29. The molecule has 0 aliphatic carbocycles. The van der Waals surface area contributed by atoms with E-state index in [1.807, 2.05) is 13.0 Å². The van der Waals surface area contributed by atoms with Crippen LogP contribution in [0.4, 0.5) is 5.69 Å². The molecule has 0 fully saturated rings. The molecular formula is C15H13ClN2O. The SMILES string of the molecule is C#C/C(C)=C(\C=C(/C)Cl)Nc1coc2cnccc12. The highest BCUT2D eigenvalue weighted by atomic mass is 35.5. The monoisotopic (exact) mass is 272 g/mol. The van der Waals surface area contributed by atoms with Crippen molar-refractivity contribution in [1.29, 1.82) is 0 Å². The van der Waals surface area contributed by atoms with E-state index in [-0.39, 0.29) is 0 Å². The van der Waals surface area contributed by atoms with Gasteiger partial charge in [0.1, 0.15) is 6.26 Å². The maximum Gasteiger partial charge on any atom is 0.154 e. The van der Waals surface area contributed by atoms with E-state index in [0.717, 1.165) is 22.3 Å². The van der Waals surface area contributed by atoms with Crippen LogP contribution in [0.1, 0.15) is 13.8 Å². The summed E-state index contributed by atoms with van der Waals surface area (Å²) in [7, 11) is 0. The van der Waals surface area contributed by atoms with Crippen molar-refractivity contribution in [3.63, 3.8) is 0 Å². The lowest BCUT2D eigenvalue weighted by molar-refractivity contribution is 0.615. The molecule has 2 aromatic rings. The van der Waals surface area contributed by atoms with E-state index in [2.05, 4.69) is 16.2 Å². The van der Waals surface area contributed by atoms with Crippen molar-refractivity contribution in [2.24, 2.45) is 0 Å². The van der Waals surface area contributed by atoms with E-state index in [1.165, 1.54) is 0 Å². The Balaban J connectivity index is 2.43. The first-order valence-corrected chi connectivity index (χ1v) is 6.09. The lowest BCUT2D eigenvalue weighted by atomic mass is 10.2. The molecule has 0 bridgehead atoms. The Hall–Kier alpha value is -2.18. The minimum Gasteiger partial charge on any atom is -0.460 e. The quantitative estimate of drug-likeness (QED) is 0.669. The third kappa shape index (κ3) is 2.98. The lowest BCUT2D eigenvalue weighted by Crippen LogP contribution is -1.99. The highest BCUT2D eigenvalue weighted by molar-refractivity contribution is 6.29. The normalized spacial score (nSPS) is 13.1. The van der Waals surface area contributed by atoms with Gasteiger partial charge in [-0.25, -0.2) is 0 Å². The Labute approximate surface area is 117 Å². The molecule has 0 atom stereocenters. The van der Waals surface area contributed by atoms with Crippen molar-refractivity contribution >= 4 is 28.3 Å². The van der Waals surface area contributed by atoms with Crippen LogP contribution in [-0.2, 0) is 0 Å². The van der Waals surface area contributed by atoms with Crippen LogP contribution < -0.4 is 5.32 Å². The van der Waals surface area contributed by atoms with Gasteiger partial charge in [0.2, 0.25) is 0 Å². The molecule has 0 aliphatic heterocycles. The zero-order chi connectivity index (χ0) is 13.8. The average molecular weight is 273 g/mol. The van der Waals surface area contributed by atoms with Crippen molar-refractivity contribution < 1.29 is 4.42 Å². The molecule has 0 saturated heterocycles. The van der Waals surface area contributed by atoms with E-state index in [4.69, 9.17) is 22.4 Å². The highest BCUT2D eigenvalue weighted by Crippen LogP contribution is 2.27. The number of nitrogens with zero attached hydrogens (tertiary/aromatic N) is 1. The fourth-order valence-electron chi connectivity index (χ4n) is 1.64. The zero-order valence-electron chi connectivity index (χ0n) is 10.7. The van der Waals surface area contributed by atoms with Gasteiger partial charge in [-0.3, -0.25) is 4.98 Å². The predicted molar refractivity (Wildman–Crippen MR) is 78.8 cm³/mol. The van der Waals surface area contributed by atoms with Gasteiger partial charge in [-0.2, -0.15) is 0 Å². The molecule has 0 radical (unpaired) electrons. The van der Waals surface area contributed by atoms with Gasteiger partial charge < -0.3 is 9.73 Å². The second-order valence-corrected chi connectivity index (χ2v) is 4.66. The number of allylic oxidation sites excluding steroid dienone is 3. The number of rotatable bonds is 3. The average Bonchev–Trinajstić information content (AvgIpc) is 2.80.